The van der Waals surface area contributed by atoms with Crippen molar-refractivity contribution in [2.75, 3.05) is 13.1 Å². The summed E-state index contributed by atoms with van der Waals surface area (Å²) in [5.41, 5.74) is 1.31. The van der Waals surface area contributed by atoms with Gasteiger partial charge in [-0.3, -0.25) is 0 Å². The summed E-state index contributed by atoms with van der Waals surface area (Å²) in [7, 11) is 0. The van der Waals surface area contributed by atoms with Crippen LogP contribution < -0.4 is 10.1 Å². The zero-order valence-corrected chi connectivity index (χ0v) is 13.9. The molecule has 0 aliphatic carbocycles. The normalized spacial score (nSPS) is 17.6. The van der Waals surface area contributed by atoms with Gasteiger partial charge in [0.25, 0.3) is 0 Å². The van der Waals surface area contributed by atoms with E-state index in [1.807, 2.05) is 6.07 Å². The third-order valence-corrected chi connectivity index (χ3v) is 4.12. The van der Waals surface area contributed by atoms with Gasteiger partial charge >= 0.3 is 0 Å². The van der Waals surface area contributed by atoms with Crippen molar-refractivity contribution >= 4 is 0 Å². The van der Waals surface area contributed by atoms with Crippen molar-refractivity contribution < 1.29 is 4.74 Å². The van der Waals surface area contributed by atoms with E-state index in [9.17, 15) is 0 Å². The third-order valence-electron chi connectivity index (χ3n) is 4.12. The Bertz CT molecular complexity index is 423. The molecule has 0 aromatic heterocycles. The molecule has 0 unspecified atom stereocenters. The smallest absolute Gasteiger partial charge is 0.120 e. The summed E-state index contributed by atoms with van der Waals surface area (Å²) < 4.78 is 5.75. The van der Waals surface area contributed by atoms with Crippen LogP contribution in [0.15, 0.2) is 24.3 Å². The molecule has 2 rings (SSSR count). The second kappa shape index (κ2) is 7.81. The average Bonchev–Trinajstić information content (AvgIpc) is 2.45. The first kappa shape index (κ1) is 16.3. The molecular weight excluding hydrogens is 260 g/mol. The first-order chi connectivity index (χ1) is 10.0. The lowest BCUT2D eigenvalue weighted by molar-refractivity contribution is 0.161. The van der Waals surface area contributed by atoms with E-state index in [-0.39, 0.29) is 6.10 Å². The van der Waals surface area contributed by atoms with Gasteiger partial charge in [-0.2, -0.15) is 0 Å². The summed E-state index contributed by atoms with van der Waals surface area (Å²) >= 11 is 0. The van der Waals surface area contributed by atoms with Gasteiger partial charge < -0.3 is 15.0 Å². The van der Waals surface area contributed by atoms with Crippen molar-refractivity contribution in [1.82, 2.24) is 10.2 Å². The summed E-state index contributed by atoms with van der Waals surface area (Å²) in [4.78, 5) is 2.56. The Balaban J connectivity index is 1.78. The van der Waals surface area contributed by atoms with Gasteiger partial charge in [-0.15, -0.1) is 0 Å². The molecule has 1 aromatic rings. The van der Waals surface area contributed by atoms with Crippen LogP contribution in [0.4, 0.5) is 0 Å². The maximum absolute atomic E-state index is 5.75. The van der Waals surface area contributed by atoms with Crippen LogP contribution in [0.3, 0.4) is 0 Å². The molecule has 3 heteroatoms. The highest BCUT2D eigenvalue weighted by Gasteiger charge is 2.20. The topological polar surface area (TPSA) is 24.5 Å². The van der Waals surface area contributed by atoms with E-state index in [1.165, 1.54) is 31.5 Å². The molecule has 0 saturated carbocycles. The Morgan fingerprint density at radius 3 is 2.52 bits per heavy atom. The number of likely N-dealkylation sites (tertiary alicyclic amines) is 1. The lowest BCUT2D eigenvalue weighted by Gasteiger charge is -2.35. The Hall–Kier alpha value is -1.06. The van der Waals surface area contributed by atoms with E-state index < -0.39 is 0 Å². The highest BCUT2D eigenvalue weighted by Crippen LogP contribution is 2.17. The van der Waals surface area contributed by atoms with Crippen molar-refractivity contribution in [1.29, 1.82) is 0 Å². The first-order valence-electron chi connectivity index (χ1n) is 8.27. The molecule has 1 aliphatic rings. The maximum Gasteiger partial charge on any atom is 0.120 e. The number of hydrogen-bond donors (Lipinski definition) is 1. The molecule has 0 bridgehead atoms. The van der Waals surface area contributed by atoms with Crippen LogP contribution >= 0.6 is 0 Å². The van der Waals surface area contributed by atoms with Crippen LogP contribution in [0.2, 0.25) is 0 Å². The van der Waals surface area contributed by atoms with Gasteiger partial charge in [-0.25, -0.2) is 0 Å². The highest BCUT2D eigenvalue weighted by molar-refractivity contribution is 5.28. The second-order valence-corrected chi connectivity index (χ2v) is 6.60. The Kier molecular flexibility index (Phi) is 6.07. The Morgan fingerprint density at radius 1 is 1.19 bits per heavy atom. The molecule has 118 valence electrons. The second-order valence-electron chi connectivity index (χ2n) is 6.60. The first-order valence-corrected chi connectivity index (χ1v) is 8.27. The van der Waals surface area contributed by atoms with Crippen molar-refractivity contribution in [2.24, 2.45) is 0 Å². The van der Waals surface area contributed by atoms with Crippen LogP contribution in [-0.4, -0.2) is 36.2 Å². The molecule has 1 aromatic carbocycles. The summed E-state index contributed by atoms with van der Waals surface area (Å²) in [5, 5.41) is 3.70. The number of nitrogens with one attached hydrogen (secondary N) is 1. The number of rotatable bonds is 6. The van der Waals surface area contributed by atoms with Gasteiger partial charge in [0.15, 0.2) is 0 Å². The quantitative estimate of drug-likeness (QED) is 0.868. The Labute approximate surface area is 129 Å². The van der Waals surface area contributed by atoms with Gasteiger partial charge in [0.2, 0.25) is 0 Å². The fourth-order valence-electron chi connectivity index (χ4n) is 2.88. The fraction of sp³-hybridized carbons (Fsp3) is 0.667. The molecule has 1 heterocycles. The number of nitrogens with zero attached hydrogens (tertiary/aromatic N) is 1. The summed E-state index contributed by atoms with van der Waals surface area (Å²) in [6, 6.07) is 9.76. The van der Waals surface area contributed by atoms with Crippen LogP contribution in [0, 0.1) is 0 Å². The molecule has 0 spiro atoms. The van der Waals surface area contributed by atoms with Crippen molar-refractivity contribution in [2.45, 2.75) is 65.3 Å². The zero-order valence-electron chi connectivity index (χ0n) is 13.9. The predicted octanol–water partition coefficient (Wildman–Crippen LogP) is 3.44. The molecule has 1 fully saturated rings. The van der Waals surface area contributed by atoms with Crippen molar-refractivity contribution in [3.8, 4) is 5.75 Å². The lowest BCUT2D eigenvalue weighted by atomic mass is 10.0. The van der Waals surface area contributed by atoms with E-state index >= 15 is 0 Å². The number of hydrogen-bond acceptors (Lipinski definition) is 3. The summed E-state index contributed by atoms with van der Waals surface area (Å²) in [5.74, 6) is 0.971. The van der Waals surface area contributed by atoms with Gasteiger partial charge in [0.05, 0.1) is 6.10 Å². The molecule has 21 heavy (non-hydrogen) atoms. The molecule has 1 saturated heterocycles. The Morgan fingerprint density at radius 2 is 1.90 bits per heavy atom. The molecular formula is C18H30N2O. The van der Waals surface area contributed by atoms with Crippen molar-refractivity contribution in [3.63, 3.8) is 0 Å². The summed E-state index contributed by atoms with van der Waals surface area (Å²) in [6.45, 7) is 12.1. The maximum atomic E-state index is 5.75. The fourth-order valence-corrected chi connectivity index (χ4v) is 2.88. The standard InChI is InChI=1S/C18H30N2O/c1-14(2)20-10-8-17(9-11-20)19-13-16-6-5-7-18(12-16)21-15(3)4/h5-7,12,14-15,17,19H,8-11,13H2,1-4H3. The molecule has 1 aliphatic heterocycles. The SMILES string of the molecule is CC(C)Oc1cccc(CNC2CCN(C(C)C)CC2)c1. The minimum absolute atomic E-state index is 0.230. The molecule has 0 atom stereocenters. The number of piperidine rings is 1. The number of ether oxygens (including phenoxy) is 1. The minimum Gasteiger partial charge on any atom is -0.491 e. The van der Waals surface area contributed by atoms with Gasteiger partial charge in [-0.05, 0) is 71.3 Å². The average molecular weight is 290 g/mol. The zero-order chi connectivity index (χ0) is 15.2. The van der Waals surface area contributed by atoms with E-state index in [0.29, 0.717) is 12.1 Å². The summed E-state index contributed by atoms with van der Waals surface area (Å²) in [6.07, 6.45) is 2.73. The van der Waals surface area contributed by atoms with Crippen LogP contribution in [0.25, 0.3) is 0 Å². The van der Waals surface area contributed by atoms with Gasteiger partial charge in [0.1, 0.15) is 5.75 Å². The highest BCUT2D eigenvalue weighted by atomic mass is 16.5. The lowest BCUT2D eigenvalue weighted by Crippen LogP contribution is -2.44. The van der Waals surface area contributed by atoms with Crippen molar-refractivity contribution in [3.05, 3.63) is 29.8 Å². The third kappa shape index (κ3) is 5.33. The van der Waals surface area contributed by atoms with E-state index in [2.05, 4.69) is 56.1 Å². The van der Waals surface area contributed by atoms with E-state index in [0.717, 1.165) is 12.3 Å². The van der Waals surface area contributed by atoms with Gasteiger partial charge in [0, 0.05) is 18.6 Å². The van der Waals surface area contributed by atoms with Crippen LogP contribution in [-0.2, 0) is 6.54 Å². The molecule has 0 radical (unpaired) electrons. The predicted molar refractivity (Wildman–Crippen MR) is 88.8 cm³/mol. The molecule has 1 N–H and O–H groups in total. The molecule has 3 nitrogen and oxygen atoms in total. The van der Waals surface area contributed by atoms with Crippen LogP contribution in [0.1, 0.15) is 46.1 Å². The van der Waals surface area contributed by atoms with E-state index in [1.54, 1.807) is 0 Å². The largest absolute Gasteiger partial charge is 0.491 e. The van der Waals surface area contributed by atoms with E-state index in [4.69, 9.17) is 4.74 Å². The monoisotopic (exact) mass is 290 g/mol. The molecule has 0 amide bonds. The number of benzene rings is 1. The van der Waals surface area contributed by atoms with Gasteiger partial charge in [-0.1, -0.05) is 12.1 Å². The minimum atomic E-state index is 0.230. The van der Waals surface area contributed by atoms with Crippen LogP contribution in [0.5, 0.6) is 5.75 Å².